The van der Waals surface area contributed by atoms with Crippen LogP contribution in [0.1, 0.15) is 34.1 Å². The summed E-state index contributed by atoms with van der Waals surface area (Å²) in [7, 11) is 1.53. The minimum Gasteiger partial charge on any atom is -0.399 e. The van der Waals surface area contributed by atoms with Crippen LogP contribution in [0.4, 0.5) is 0 Å². The molecule has 0 bridgehead atoms. The molecule has 0 saturated heterocycles. The van der Waals surface area contributed by atoms with Gasteiger partial charge in [-0.3, -0.25) is 0 Å². The molecule has 0 rings (SSSR count). The van der Waals surface area contributed by atoms with Crippen molar-refractivity contribution >= 4 is 5.71 Å². The Labute approximate surface area is 57.9 Å². The third kappa shape index (κ3) is 36.6. The predicted molar refractivity (Wildman–Crippen MR) is 41.8 cm³/mol. The van der Waals surface area contributed by atoms with E-state index in [1.54, 1.807) is 0 Å². The van der Waals surface area contributed by atoms with Gasteiger partial charge in [-0.1, -0.05) is 25.4 Å². The van der Waals surface area contributed by atoms with Gasteiger partial charge in [0.1, 0.15) is 7.11 Å². The zero-order chi connectivity index (χ0) is 7.70. The van der Waals surface area contributed by atoms with Crippen molar-refractivity contribution < 1.29 is 4.84 Å². The molecule has 2 nitrogen and oxygen atoms in total. The topological polar surface area (TPSA) is 21.6 Å². The van der Waals surface area contributed by atoms with Crippen molar-refractivity contribution in [2.75, 3.05) is 7.11 Å². The molecule has 56 valence electrons. The first kappa shape index (κ1) is 11.3. The van der Waals surface area contributed by atoms with Crippen molar-refractivity contribution in [2.45, 2.75) is 34.1 Å². The van der Waals surface area contributed by atoms with E-state index in [1.165, 1.54) is 13.5 Å². The van der Waals surface area contributed by atoms with Crippen molar-refractivity contribution in [1.29, 1.82) is 0 Å². The first-order valence-electron chi connectivity index (χ1n) is 3.23. The molecule has 0 aliphatic heterocycles. The standard InChI is InChI=1S/C4H9NO.C3H8/c1-4(2)5-6-3;1-3-2/h1-3H3;3H2,1-2H3. The molecule has 0 N–H and O–H groups in total. The summed E-state index contributed by atoms with van der Waals surface area (Å²) in [5, 5.41) is 3.54. The van der Waals surface area contributed by atoms with Gasteiger partial charge in [-0.2, -0.15) is 0 Å². The van der Waals surface area contributed by atoms with Crippen molar-refractivity contribution in [2.24, 2.45) is 5.16 Å². The maximum atomic E-state index is 4.39. The minimum atomic E-state index is 0.942. The monoisotopic (exact) mass is 131 g/mol. The Bertz CT molecular complexity index is 65.3. The smallest absolute Gasteiger partial charge is 0.106 e. The maximum absolute atomic E-state index is 4.39. The second-order valence-corrected chi connectivity index (χ2v) is 1.93. The van der Waals surface area contributed by atoms with E-state index in [9.17, 15) is 0 Å². The Balaban J connectivity index is 0. The quantitative estimate of drug-likeness (QED) is 0.395. The molecule has 0 aliphatic rings. The highest BCUT2D eigenvalue weighted by atomic mass is 16.6. The molecule has 0 fully saturated rings. The molecule has 0 unspecified atom stereocenters. The van der Waals surface area contributed by atoms with Crippen LogP contribution in [-0.4, -0.2) is 12.8 Å². The second kappa shape index (κ2) is 10.5. The third-order valence-electron chi connectivity index (χ3n) is 0.274. The average molecular weight is 131 g/mol. The predicted octanol–water partition coefficient (Wildman–Crippen LogP) is 2.44. The fourth-order valence-corrected chi connectivity index (χ4v) is 0.183. The molecule has 0 heterocycles. The van der Waals surface area contributed by atoms with Crippen LogP contribution >= 0.6 is 0 Å². The summed E-state index contributed by atoms with van der Waals surface area (Å²) < 4.78 is 0. The van der Waals surface area contributed by atoms with E-state index in [0.717, 1.165) is 5.71 Å². The molecular formula is C7H17NO. The van der Waals surface area contributed by atoms with Gasteiger partial charge in [0.25, 0.3) is 0 Å². The molecule has 0 amide bonds. The molecule has 2 heteroatoms. The lowest BCUT2D eigenvalue weighted by Crippen LogP contribution is -1.79. The summed E-state index contributed by atoms with van der Waals surface area (Å²) >= 11 is 0. The van der Waals surface area contributed by atoms with Crippen LogP contribution in [0.5, 0.6) is 0 Å². The second-order valence-electron chi connectivity index (χ2n) is 1.93. The molecule has 9 heavy (non-hydrogen) atoms. The number of oxime groups is 1. The lowest BCUT2D eigenvalue weighted by Gasteiger charge is -1.83. The van der Waals surface area contributed by atoms with E-state index in [2.05, 4.69) is 23.8 Å². The highest BCUT2D eigenvalue weighted by Crippen LogP contribution is 1.71. The minimum absolute atomic E-state index is 0.942. The van der Waals surface area contributed by atoms with Gasteiger partial charge in [0.15, 0.2) is 0 Å². The van der Waals surface area contributed by atoms with Gasteiger partial charge in [0.2, 0.25) is 0 Å². The van der Waals surface area contributed by atoms with Crippen molar-refractivity contribution in [3.05, 3.63) is 0 Å². The maximum Gasteiger partial charge on any atom is 0.106 e. The molecule has 0 atom stereocenters. The van der Waals surface area contributed by atoms with Gasteiger partial charge < -0.3 is 4.84 Å². The molecule has 0 spiro atoms. The van der Waals surface area contributed by atoms with E-state index in [-0.39, 0.29) is 0 Å². The first-order valence-corrected chi connectivity index (χ1v) is 3.23. The van der Waals surface area contributed by atoms with Crippen molar-refractivity contribution in [1.82, 2.24) is 0 Å². The number of nitrogens with zero attached hydrogens (tertiary/aromatic N) is 1. The average Bonchev–Trinajstić information content (AvgIpc) is 1.67. The van der Waals surface area contributed by atoms with Crippen LogP contribution in [0.3, 0.4) is 0 Å². The van der Waals surface area contributed by atoms with Crippen molar-refractivity contribution in [3.63, 3.8) is 0 Å². The first-order chi connectivity index (χ1) is 4.18. The number of rotatable bonds is 1. The van der Waals surface area contributed by atoms with Crippen LogP contribution in [-0.2, 0) is 4.84 Å². The Morgan fingerprint density at radius 3 is 1.67 bits per heavy atom. The number of hydrogen-bond donors (Lipinski definition) is 0. The van der Waals surface area contributed by atoms with E-state index in [0.29, 0.717) is 0 Å². The van der Waals surface area contributed by atoms with E-state index in [1.807, 2.05) is 13.8 Å². The third-order valence-corrected chi connectivity index (χ3v) is 0.274. The lowest BCUT2D eigenvalue weighted by atomic mass is 10.5. The van der Waals surface area contributed by atoms with Crippen LogP contribution < -0.4 is 0 Å². The highest BCUT2D eigenvalue weighted by Gasteiger charge is 1.69. The molecule has 0 aliphatic carbocycles. The molecule has 0 aromatic carbocycles. The van der Waals surface area contributed by atoms with E-state index < -0.39 is 0 Å². The van der Waals surface area contributed by atoms with Crippen LogP contribution in [0.2, 0.25) is 0 Å². The fraction of sp³-hybridized carbons (Fsp3) is 0.857. The van der Waals surface area contributed by atoms with Crippen LogP contribution in [0, 0.1) is 0 Å². The van der Waals surface area contributed by atoms with Gasteiger partial charge in [-0.05, 0) is 13.8 Å². The van der Waals surface area contributed by atoms with Gasteiger partial charge in [-0.25, -0.2) is 0 Å². The molecular weight excluding hydrogens is 114 g/mol. The zero-order valence-corrected chi connectivity index (χ0v) is 7.06. The summed E-state index contributed by atoms with van der Waals surface area (Å²) in [6, 6.07) is 0. The summed E-state index contributed by atoms with van der Waals surface area (Å²) in [5.41, 5.74) is 0.942. The Kier molecular flexibility index (Phi) is 13.1. The van der Waals surface area contributed by atoms with Gasteiger partial charge >= 0.3 is 0 Å². The fourth-order valence-electron chi connectivity index (χ4n) is 0.183. The summed E-state index contributed by atoms with van der Waals surface area (Å²) in [4.78, 5) is 4.39. The van der Waals surface area contributed by atoms with Gasteiger partial charge in [0, 0.05) is 0 Å². The van der Waals surface area contributed by atoms with Crippen molar-refractivity contribution in [3.8, 4) is 0 Å². The van der Waals surface area contributed by atoms with Gasteiger partial charge in [-0.15, -0.1) is 0 Å². The van der Waals surface area contributed by atoms with Crippen LogP contribution in [0.25, 0.3) is 0 Å². The summed E-state index contributed by atoms with van der Waals surface area (Å²) in [5.74, 6) is 0. The normalized spacial score (nSPS) is 6.78. The Morgan fingerprint density at radius 1 is 1.33 bits per heavy atom. The lowest BCUT2D eigenvalue weighted by molar-refractivity contribution is 0.213. The summed E-state index contributed by atoms with van der Waals surface area (Å²) in [6.07, 6.45) is 1.25. The number of hydrogen-bond acceptors (Lipinski definition) is 2. The van der Waals surface area contributed by atoms with E-state index in [4.69, 9.17) is 0 Å². The Hall–Kier alpha value is -0.530. The Morgan fingerprint density at radius 2 is 1.67 bits per heavy atom. The van der Waals surface area contributed by atoms with Gasteiger partial charge in [0.05, 0.1) is 5.71 Å². The summed E-state index contributed by atoms with van der Waals surface area (Å²) in [6.45, 7) is 8.01. The molecule has 0 aromatic rings. The largest absolute Gasteiger partial charge is 0.399 e. The SMILES string of the molecule is CCC.CON=C(C)C. The molecule has 0 saturated carbocycles. The van der Waals surface area contributed by atoms with Crippen LogP contribution in [0.15, 0.2) is 5.16 Å². The zero-order valence-electron chi connectivity index (χ0n) is 7.06. The molecule has 0 aromatic heterocycles. The molecule has 0 radical (unpaired) electrons. The van der Waals surface area contributed by atoms with E-state index >= 15 is 0 Å². The highest BCUT2D eigenvalue weighted by molar-refractivity contribution is 5.78.